The number of hydrogen-bond acceptors (Lipinski definition) is 2. The largest absolute Gasteiger partial charge is 0.348 e. The maximum absolute atomic E-state index is 12.1. The van der Waals surface area contributed by atoms with Gasteiger partial charge < -0.3 is 5.32 Å². The Morgan fingerprint density at radius 1 is 1.32 bits per heavy atom. The highest BCUT2D eigenvalue weighted by Gasteiger charge is 2.18. The van der Waals surface area contributed by atoms with Gasteiger partial charge in [-0.25, -0.2) is 0 Å². The van der Waals surface area contributed by atoms with Gasteiger partial charge in [0, 0.05) is 6.20 Å². The van der Waals surface area contributed by atoms with Gasteiger partial charge in [0.05, 0.1) is 16.7 Å². The van der Waals surface area contributed by atoms with Crippen molar-refractivity contribution in [1.82, 2.24) is 15.1 Å². The van der Waals surface area contributed by atoms with Crippen LogP contribution in [-0.4, -0.2) is 15.7 Å². The number of hydrogen-bond donors (Lipinski definition) is 1. The van der Waals surface area contributed by atoms with Crippen LogP contribution in [0.2, 0.25) is 0 Å². The van der Waals surface area contributed by atoms with Crippen molar-refractivity contribution in [3.8, 4) is 0 Å². The van der Waals surface area contributed by atoms with Gasteiger partial charge in [-0.05, 0) is 35.3 Å². The van der Waals surface area contributed by atoms with E-state index in [1.165, 1.54) is 0 Å². The second kappa shape index (κ2) is 6.02. The molecule has 4 nitrogen and oxygen atoms in total. The lowest BCUT2D eigenvalue weighted by Gasteiger charge is -2.18. The lowest BCUT2D eigenvalue weighted by atomic mass is 10.1. The molecule has 0 aliphatic rings. The maximum atomic E-state index is 12.1. The second-order valence-corrected chi connectivity index (χ2v) is 5.37. The molecule has 0 radical (unpaired) electrons. The average molecular weight is 322 g/mol. The highest BCUT2D eigenvalue weighted by molar-refractivity contribution is 9.10. The van der Waals surface area contributed by atoms with Gasteiger partial charge in [0.15, 0.2) is 0 Å². The van der Waals surface area contributed by atoms with Crippen molar-refractivity contribution in [3.05, 3.63) is 52.8 Å². The van der Waals surface area contributed by atoms with Gasteiger partial charge in [0.2, 0.25) is 5.91 Å². The first-order chi connectivity index (χ1) is 9.08. The summed E-state index contributed by atoms with van der Waals surface area (Å²) in [4.78, 5) is 12.1. The Kier molecular flexibility index (Phi) is 4.37. The minimum atomic E-state index is -0.336. The summed E-state index contributed by atoms with van der Waals surface area (Å²) < 4.78 is 2.50. The van der Waals surface area contributed by atoms with E-state index in [-0.39, 0.29) is 18.0 Å². The van der Waals surface area contributed by atoms with Gasteiger partial charge in [-0.15, -0.1) is 0 Å². The van der Waals surface area contributed by atoms with Gasteiger partial charge in [-0.1, -0.05) is 30.3 Å². The van der Waals surface area contributed by atoms with E-state index in [9.17, 15) is 4.79 Å². The first-order valence-electron chi connectivity index (χ1n) is 6.13. The number of rotatable bonds is 4. The van der Waals surface area contributed by atoms with E-state index in [1.807, 2.05) is 44.2 Å². The van der Waals surface area contributed by atoms with Crippen molar-refractivity contribution < 1.29 is 4.79 Å². The number of aromatic nitrogens is 2. The van der Waals surface area contributed by atoms with Crippen molar-refractivity contribution in [3.63, 3.8) is 0 Å². The number of amides is 1. The molecule has 1 N–H and O–H groups in total. The summed E-state index contributed by atoms with van der Waals surface area (Å²) in [5.41, 5.74) is 1.09. The van der Waals surface area contributed by atoms with Crippen LogP contribution in [0.5, 0.6) is 0 Å². The topological polar surface area (TPSA) is 46.9 Å². The lowest BCUT2D eigenvalue weighted by molar-refractivity contribution is -0.124. The summed E-state index contributed by atoms with van der Waals surface area (Å²) >= 11 is 3.32. The summed E-state index contributed by atoms with van der Waals surface area (Å²) in [5.74, 6) is -0.0491. The standard InChI is InChI=1S/C14H16BrN3O/c1-10(12-6-4-3-5-7-12)17-14(19)11(2)18-9-13(15)8-16-18/h3-11H,1-2H3,(H,17,19). The van der Waals surface area contributed by atoms with E-state index in [0.717, 1.165) is 10.0 Å². The molecule has 1 aromatic carbocycles. The number of halogens is 1. The predicted molar refractivity (Wildman–Crippen MR) is 77.6 cm³/mol. The molecule has 2 rings (SSSR count). The van der Waals surface area contributed by atoms with Gasteiger partial charge in [-0.2, -0.15) is 5.10 Å². The van der Waals surface area contributed by atoms with Crippen LogP contribution < -0.4 is 5.32 Å². The van der Waals surface area contributed by atoms with Crippen LogP contribution in [0.3, 0.4) is 0 Å². The zero-order valence-corrected chi connectivity index (χ0v) is 12.5. The molecule has 0 saturated heterocycles. The van der Waals surface area contributed by atoms with Crippen LogP contribution in [0.4, 0.5) is 0 Å². The number of benzene rings is 1. The lowest BCUT2D eigenvalue weighted by Crippen LogP contribution is -2.33. The highest BCUT2D eigenvalue weighted by Crippen LogP contribution is 2.15. The Morgan fingerprint density at radius 2 is 2.00 bits per heavy atom. The van der Waals surface area contributed by atoms with Gasteiger partial charge >= 0.3 is 0 Å². The van der Waals surface area contributed by atoms with E-state index in [2.05, 4.69) is 26.3 Å². The molecule has 100 valence electrons. The number of nitrogens with one attached hydrogen (secondary N) is 1. The molecule has 5 heteroatoms. The smallest absolute Gasteiger partial charge is 0.245 e. The van der Waals surface area contributed by atoms with Crippen molar-refractivity contribution in [2.75, 3.05) is 0 Å². The molecule has 2 unspecified atom stereocenters. The van der Waals surface area contributed by atoms with Crippen molar-refractivity contribution in [2.24, 2.45) is 0 Å². The monoisotopic (exact) mass is 321 g/mol. The van der Waals surface area contributed by atoms with E-state index in [0.29, 0.717) is 0 Å². The molecule has 1 aromatic heterocycles. The van der Waals surface area contributed by atoms with Crippen LogP contribution >= 0.6 is 15.9 Å². The SMILES string of the molecule is CC(NC(=O)C(C)n1cc(Br)cn1)c1ccccc1. The molecule has 1 heterocycles. The van der Waals surface area contributed by atoms with E-state index < -0.39 is 0 Å². The molecular weight excluding hydrogens is 306 g/mol. The zero-order chi connectivity index (χ0) is 13.8. The third-order valence-electron chi connectivity index (χ3n) is 3.00. The molecule has 0 aliphatic heterocycles. The Balaban J connectivity index is 2.01. The second-order valence-electron chi connectivity index (χ2n) is 4.46. The highest BCUT2D eigenvalue weighted by atomic mass is 79.9. The molecule has 0 aliphatic carbocycles. The van der Waals surface area contributed by atoms with Crippen molar-refractivity contribution in [1.29, 1.82) is 0 Å². The molecular formula is C14H16BrN3O. The third kappa shape index (κ3) is 3.44. The fourth-order valence-electron chi connectivity index (χ4n) is 1.81. The number of carbonyl (C=O) groups is 1. The molecule has 1 amide bonds. The minimum absolute atomic E-state index is 0.0184. The predicted octanol–water partition coefficient (Wildman–Crippen LogP) is 3.08. The molecule has 0 spiro atoms. The zero-order valence-electron chi connectivity index (χ0n) is 10.9. The first kappa shape index (κ1) is 13.8. The summed E-state index contributed by atoms with van der Waals surface area (Å²) in [6.45, 7) is 3.80. The third-order valence-corrected chi connectivity index (χ3v) is 3.41. The Morgan fingerprint density at radius 3 is 2.58 bits per heavy atom. The van der Waals surface area contributed by atoms with Crippen LogP contribution in [0.1, 0.15) is 31.5 Å². The fourth-order valence-corrected chi connectivity index (χ4v) is 2.11. The molecule has 0 bridgehead atoms. The van der Waals surface area contributed by atoms with E-state index in [4.69, 9.17) is 0 Å². The average Bonchev–Trinajstić information content (AvgIpc) is 2.85. The van der Waals surface area contributed by atoms with Crippen molar-refractivity contribution in [2.45, 2.75) is 25.9 Å². The van der Waals surface area contributed by atoms with E-state index >= 15 is 0 Å². The van der Waals surface area contributed by atoms with Crippen LogP contribution in [0, 0.1) is 0 Å². The number of carbonyl (C=O) groups excluding carboxylic acids is 1. The van der Waals surface area contributed by atoms with Crippen LogP contribution in [0.15, 0.2) is 47.2 Å². The van der Waals surface area contributed by atoms with Gasteiger partial charge in [-0.3, -0.25) is 9.48 Å². The van der Waals surface area contributed by atoms with Gasteiger partial charge in [0.1, 0.15) is 6.04 Å². The maximum Gasteiger partial charge on any atom is 0.245 e. The summed E-state index contributed by atoms with van der Waals surface area (Å²) in [5, 5.41) is 7.11. The fraction of sp³-hybridized carbons (Fsp3) is 0.286. The summed E-state index contributed by atoms with van der Waals surface area (Å²) in [7, 11) is 0. The molecule has 19 heavy (non-hydrogen) atoms. The quantitative estimate of drug-likeness (QED) is 0.940. The van der Waals surface area contributed by atoms with Crippen molar-refractivity contribution >= 4 is 21.8 Å². The first-order valence-corrected chi connectivity index (χ1v) is 6.92. The Labute approximate surface area is 120 Å². The minimum Gasteiger partial charge on any atom is -0.348 e. The van der Waals surface area contributed by atoms with Gasteiger partial charge in [0.25, 0.3) is 0 Å². The normalized spacial score (nSPS) is 13.8. The van der Waals surface area contributed by atoms with E-state index in [1.54, 1.807) is 17.1 Å². The van der Waals surface area contributed by atoms with Crippen LogP contribution in [-0.2, 0) is 4.79 Å². The summed E-state index contributed by atoms with van der Waals surface area (Å²) in [6, 6.07) is 9.54. The molecule has 2 atom stereocenters. The Bertz CT molecular complexity index is 553. The molecule has 0 saturated carbocycles. The van der Waals surface area contributed by atoms with Crippen LogP contribution in [0.25, 0.3) is 0 Å². The molecule has 0 fully saturated rings. The molecule has 2 aromatic rings. The summed E-state index contributed by atoms with van der Waals surface area (Å²) in [6.07, 6.45) is 3.46. The number of nitrogens with zero attached hydrogens (tertiary/aromatic N) is 2. The Hall–Kier alpha value is -1.62.